The van der Waals surface area contributed by atoms with Crippen molar-refractivity contribution in [3.63, 3.8) is 0 Å². The molecular weight excluding hydrogens is 1380 g/mol. The Bertz CT molecular complexity index is 2020. The number of carbonyl (C=O) groups excluding carboxylic acids is 4. The second kappa shape index (κ2) is 79.7. The molecule has 0 radical (unpaired) electrons. The number of ether oxygens (including phenoxy) is 4. The summed E-state index contributed by atoms with van der Waals surface area (Å²) in [6.45, 7) is 7.33. The van der Waals surface area contributed by atoms with Crippen LogP contribution in [0.15, 0.2) is 0 Å². The van der Waals surface area contributed by atoms with E-state index < -0.39 is 97.5 Å². The summed E-state index contributed by atoms with van der Waals surface area (Å²) in [7, 11) is -9.93. The number of unbranched alkanes of at least 4 members (excludes halogenated alkanes) is 58. The van der Waals surface area contributed by atoms with E-state index in [1.54, 1.807) is 0 Å². The largest absolute Gasteiger partial charge is 0.472 e. The maximum atomic E-state index is 13.2. The number of hydrogen-bond acceptors (Lipinski definition) is 15. The summed E-state index contributed by atoms with van der Waals surface area (Å²) in [4.78, 5) is 73.3. The second-order valence-corrected chi connectivity index (χ2v) is 34.4. The molecule has 0 amide bonds. The molecule has 0 aromatic carbocycles. The van der Waals surface area contributed by atoms with Crippen molar-refractivity contribution in [3.05, 3.63) is 0 Å². The zero-order valence-corrected chi connectivity index (χ0v) is 71.4. The minimum absolute atomic E-state index is 0.108. The molecule has 0 heterocycles. The summed E-state index contributed by atoms with van der Waals surface area (Å²) in [5, 5.41) is 10.7. The van der Waals surface area contributed by atoms with Gasteiger partial charge in [0.1, 0.15) is 19.3 Å². The summed E-state index contributed by atoms with van der Waals surface area (Å²) in [6, 6.07) is 0. The number of aliphatic hydroxyl groups excluding tert-OH is 1. The van der Waals surface area contributed by atoms with Gasteiger partial charge in [0, 0.05) is 25.7 Å². The predicted molar refractivity (Wildman–Crippen MR) is 437 cm³/mol. The fourth-order valence-electron chi connectivity index (χ4n) is 13.6. The van der Waals surface area contributed by atoms with Crippen molar-refractivity contribution in [2.75, 3.05) is 39.6 Å². The third-order valence-electron chi connectivity index (χ3n) is 20.9. The lowest BCUT2D eigenvalue weighted by molar-refractivity contribution is -0.161. The van der Waals surface area contributed by atoms with Crippen LogP contribution in [0, 0.1) is 5.92 Å². The highest BCUT2D eigenvalue weighted by molar-refractivity contribution is 7.47. The maximum absolute atomic E-state index is 13.2. The van der Waals surface area contributed by atoms with E-state index in [1.807, 2.05) is 0 Å². The molecule has 106 heavy (non-hydrogen) atoms. The molecule has 3 N–H and O–H groups in total. The van der Waals surface area contributed by atoms with Crippen LogP contribution in [-0.2, 0) is 65.4 Å². The summed E-state index contributed by atoms with van der Waals surface area (Å²) < 4.78 is 68.9. The van der Waals surface area contributed by atoms with Crippen LogP contribution >= 0.6 is 15.6 Å². The Balaban J connectivity index is 5.23. The molecule has 0 aliphatic carbocycles. The number of esters is 4. The normalized spacial score (nSPS) is 14.0. The van der Waals surface area contributed by atoms with E-state index in [9.17, 15) is 43.2 Å². The van der Waals surface area contributed by atoms with Gasteiger partial charge in [-0.2, -0.15) is 0 Å². The Morgan fingerprint density at radius 2 is 0.453 bits per heavy atom. The van der Waals surface area contributed by atoms with Crippen LogP contribution in [0.3, 0.4) is 0 Å². The van der Waals surface area contributed by atoms with Crippen molar-refractivity contribution >= 4 is 39.5 Å². The van der Waals surface area contributed by atoms with Crippen LogP contribution in [0.4, 0.5) is 0 Å². The van der Waals surface area contributed by atoms with Crippen LogP contribution in [0.1, 0.15) is 471 Å². The topological polar surface area (TPSA) is 237 Å². The van der Waals surface area contributed by atoms with E-state index in [4.69, 9.17) is 37.0 Å². The molecule has 17 nitrogen and oxygen atoms in total. The molecule has 0 aliphatic heterocycles. The molecule has 6 atom stereocenters. The van der Waals surface area contributed by atoms with Crippen LogP contribution in [0.5, 0.6) is 0 Å². The minimum atomic E-state index is -4.97. The lowest BCUT2D eigenvalue weighted by Crippen LogP contribution is -2.30. The number of phosphoric ester groups is 2. The van der Waals surface area contributed by atoms with Crippen LogP contribution < -0.4 is 0 Å². The number of phosphoric acid groups is 2. The lowest BCUT2D eigenvalue weighted by Gasteiger charge is -2.21. The van der Waals surface area contributed by atoms with Crippen LogP contribution in [-0.4, -0.2) is 96.7 Å². The molecule has 0 aromatic rings. The first-order chi connectivity index (χ1) is 51.6. The van der Waals surface area contributed by atoms with Crippen molar-refractivity contribution in [3.8, 4) is 0 Å². The Labute approximate surface area is 651 Å². The Hall–Kier alpha value is -1.94. The molecular formula is C87H170O17P2. The molecule has 0 aromatic heterocycles. The van der Waals surface area contributed by atoms with Gasteiger partial charge in [0.2, 0.25) is 0 Å². The van der Waals surface area contributed by atoms with Crippen molar-refractivity contribution in [1.29, 1.82) is 0 Å². The van der Waals surface area contributed by atoms with Gasteiger partial charge in [-0.15, -0.1) is 0 Å². The van der Waals surface area contributed by atoms with Gasteiger partial charge in [0.25, 0.3) is 0 Å². The van der Waals surface area contributed by atoms with E-state index in [-0.39, 0.29) is 25.7 Å². The number of rotatable bonds is 87. The van der Waals surface area contributed by atoms with Gasteiger partial charge < -0.3 is 33.8 Å². The molecule has 0 rings (SSSR count). The fourth-order valence-corrected chi connectivity index (χ4v) is 15.2. The summed E-state index contributed by atoms with van der Waals surface area (Å²) >= 11 is 0. The molecule has 0 fully saturated rings. The summed E-state index contributed by atoms with van der Waals surface area (Å²) in [5.41, 5.74) is 0. The highest BCUT2D eigenvalue weighted by atomic mass is 31.2. The van der Waals surface area contributed by atoms with E-state index in [1.165, 1.54) is 289 Å². The third-order valence-corrected chi connectivity index (χ3v) is 22.8. The highest BCUT2D eigenvalue weighted by Crippen LogP contribution is 2.45. The predicted octanol–water partition coefficient (Wildman–Crippen LogP) is 26.8. The van der Waals surface area contributed by atoms with Crippen LogP contribution in [0.25, 0.3) is 0 Å². The minimum Gasteiger partial charge on any atom is -0.462 e. The van der Waals surface area contributed by atoms with Gasteiger partial charge in [-0.05, 0) is 31.6 Å². The standard InChI is InChI=1S/C87H170O17P2/c1-6-10-13-16-19-22-25-28-31-34-36-38-41-44-47-50-53-56-63-67-72-86(91)103-82(76-97-84(89)70-65-60-54-51-48-45-42-40-37-35-32-29-26-23-20-17-14-11-7-2)78-101-105(93,94)99-74-81(88)75-100-106(95,96)102-79-83(77-98-85(90)71-66-61-58-57-59-64-69-80(5)9-4)104-87(92)73-68-62-55-52-49-46-43-39-33-30-27-24-21-18-15-12-8-3/h80-83,88H,6-79H2,1-5H3,(H,93,94)(H,95,96)/t80?,81-,82-,83-/m1/s1. The van der Waals surface area contributed by atoms with Gasteiger partial charge in [-0.25, -0.2) is 9.13 Å². The quantitative estimate of drug-likeness (QED) is 0.0222. The summed E-state index contributed by atoms with van der Waals surface area (Å²) in [6.07, 6.45) is 73.7. The van der Waals surface area contributed by atoms with Crippen molar-refractivity contribution < 1.29 is 80.2 Å². The zero-order valence-electron chi connectivity index (χ0n) is 69.6. The third kappa shape index (κ3) is 78.7. The maximum Gasteiger partial charge on any atom is 0.472 e. The SMILES string of the molecule is CCCCCCCCCCCCCCCCCCCCCCC(=O)O[C@H](COC(=O)CCCCCCCCCCCCCCCCCCCCC)COP(=O)(O)OC[C@@H](O)COP(=O)(O)OC[C@@H](COC(=O)CCCCCCCCC(C)CC)OC(=O)CCCCCCCCCCCCCCCCCCC. The monoisotopic (exact) mass is 1550 g/mol. The second-order valence-electron chi connectivity index (χ2n) is 31.5. The van der Waals surface area contributed by atoms with Gasteiger partial charge in [0.15, 0.2) is 12.2 Å². The Morgan fingerprint density at radius 1 is 0.264 bits per heavy atom. The van der Waals surface area contributed by atoms with Crippen molar-refractivity contribution in [2.45, 2.75) is 490 Å². The fraction of sp³-hybridized carbons (Fsp3) is 0.954. The molecule has 19 heteroatoms. The van der Waals surface area contributed by atoms with Gasteiger partial charge in [-0.1, -0.05) is 420 Å². The first-order valence-corrected chi connectivity index (χ1v) is 48.2. The van der Waals surface area contributed by atoms with Crippen molar-refractivity contribution in [2.24, 2.45) is 5.92 Å². The lowest BCUT2D eigenvalue weighted by atomic mass is 10.00. The van der Waals surface area contributed by atoms with E-state index in [0.29, 0.717) is 25.7 Å². The highest BCUT2D eigenvalue weighted by Gasteiger charge is 2.30. The number of hydrogen-bond donors (Lipinski definition) is 3. The van der Waals surface area contributed by atoms with Gasteiger partial charge in [0.05, 0.1) is 26.4 Å². The average Bonchev–Trinajstić information content (AvgIpc) is 0.902. The molecule has 3 unspecified atom stereocenters. The van der Waals surface area contributed by atoms with Gasteiger partial charge in [-0.3, -0.25) is 37.3 Å². The number of carbonyl (C=O) groups is 4. The zero-order chi connectivity index (χ0) is 77.6. The first kappa shape index (κ1) is 104. The molecule has 0 spiro atoms. The Morgan fingerprint density at radius 3 is 0.670 bits per heavy atom. The van der Waals surface area contributed by atoms with Crippen molar-refractivity contribution in [1.82, 2.24) is 0 Å². The smallest absolute Gasteiger partial charge is 0.462 e. The Kier molecular flexibility index (Phi) is 78.2. The van der Waals surface area contributed by atoms with E-state index in [0.717, 1.165) is 102 Å². The molecule has 0 aliphatic rings. The van der Waals surface area contributed by atoms with E-state index >= 15 is 0 Å². The number of aliphatic hydroxyl groups is 1. The molecule has 0 bridgehead atoms. The van der Waals surface area contributed by atoms with Crippen LogP contribution in [0.2, 0.25) is 0 Å². The first-order valence-electron chi connectivity index (χ1n) is 45.2. The van der Waals surface area contributed by atoms with E-state index in [2.05, 4.69) is 34.6 Å². The van der Waals surface area contributed by atoms with Gasteiger partial charge >= 0.3 is 39.5 Å². The molecule has 0 saturated carbocycles. The molecule has 630 valence electrons. The summed E-state index contributed by atoms with van der Waals surface area (Å²) in [5.74, 6) is -1.37. The molecule has 0 saturated heterocycles. The average molecular weight is 1550 g/mol.